The van der Waals surface area contributed by atoms with Crippen LogP contribution < -0.4 is 0 Å². The third kappa shape index (κ3) is 47.4. The van der Waals surface area contributed by atoms with Crippen molar-refractivity contribution in [2.45, 2.75) is 205 Å². The van der Waals surface area contributed by atoms with Crippen molar-refractivity contribution in [1.29, 1.82) is 0 Å². The van der Waals surface area contributed by atoms with Crippen LogP contribution in [0.15, 0.2) is 30.3 Å². The van der Waals surface area contributed by atoms with E-state index in [2.05, 4.69) is 53.8 Å². The van der Waals surface area contributed by atoms with Gasteiger partial charge in [0, 0.05) is 0 Å². The molecule has 0 saturated heterocycles. The van der Waals surface area contributed by atoms with Crippen molar-refractivity contribution in [3.05, 3.63) is 35.9 Å². The molecule has 0 radical (unpaired) electrons. The summed E-state index contributed by atoms with van der Waals surface area (Å²) in [7, 11) is 0. The monoisotopic (exact) mass is 941 g/mol. The van der Waals surface area contributed by atoms with Crippen molar-refractivity contribution < 1.29 is 46.0 Å². The maximum Gasteiger partial charge on any atom is 0.147 e. The third-order valence-electron chi connectivity index (χ3n) is 9.81. The molecule has 0 bridgehead atoms. The first-order valence-corrected chi connectivity index (χ1v) is 22.8. The molecule has 9 nitrogen and oxygen atoms in total. The van der Waals surface area contributed by atoms with Crippen LogP contribution in [0.3, 0.4) is 0 Å². The van der Waals surface area contributed by atoms with Gasteiger partial charge in [0.25, 0.3) is 0 Å². The van der Waals surface area contributed by atoms with E-state index in [4.69, 9.17) is 71.8 Å². The Labute approximate surface area is 415 Å². The molecule has 2 saturated carbocycles. The summed E-state index contributed by atoms with van der Waals surface area (Å²) in [5, 5.41) is 80.2. The molecule has 2 aliphatic carbocycles. The van der Waals surface area contributed by atoms with Crippen LogP contribution in [0.1, 0.15) is 166 Å². The number of aliphatic hydroxyl groups excluding tert-OH is 2. The molecule has 0 aliphatic heterocycles. The highest BCUT2D eigenvalue weighted by Gasteiger charge is 2.38. The summed E-state index contributed by atoms with van der Waals surface area (Å²) in [4.78, 5) is 0. The zero-order chi connectivity index (χ0) is 54.9. The van der Waals surface area contributed by atoms with E-state index in [-0.39, 0.29) is 6.61 Å². The molecule has 1 aromatic rings. The van der Waals surface area contributed by atoms with Gasteiger partial charge in [0.2, 0.25) is 0 Å². The van der Waals surface area contributed by atoms with E-state index in [9.17, 15) is 25.5 Å². The van der Waals surface area contributed by atoms with Crippen LogP contribution in [-0.2, 0) is 5.60 Å². The summed E-state index contributed by atoms with van der Waals surface area (Å²) in [5.74, 6) is 21.2. The number of rotatable bonds is 8. The second-order valence-electron chi connectivity index (χ2n) is 17.7. The van der Waals surface area contributed by atoms with Gasteiger partial charge < -0.3 is 46.0 Å². The number of hydrogen-bond acceptors (Lipinski definition) is 9. The molecule has 2 aliphatic rings. The molecule has 9 N–H and O–H groups in total. The topological polar surface area (TPSA) is 182 Å². The van der Waals surface area contributed by atoms with E-state index in [0.29, 0.717) is 43.9 Å². The predicted octanol–water partition coefficient (Wildman–Crippen LogP) is 7.38. The van der Waals surface area contributed by atoms with Crippen LogP contribution in [0, 0.1) is 123 Å². The number of terminal acetylenes is 9. The third-order valence-corrected chi connectivity index (χ3v) is 9.81. The first-order valence-electron chi connectivity index (χ1n) is 22.8. The SMILES string of the molecule is C#CC(C)(C)O.C#CC(C)(O)C1CC1.C#CC(C)(O)CC.C#CC(C)(O)CC(C)C.C#CC(C)(O)c1ccccc1.C#CC(O)(CC)CC.C#CC(O)CC.C#CC1(O)CCCCC1.C#CCO. The minimum atomic E-state index is -1.14. The largest absolute Gasteiger partial charge is 0.384 e. The van der Waals surface area contributed by atoms with Gasteiger partial charge in [-0.2, -0.15) is 0 Å². The average Bonchev–Trinajstić information content (AvgIpc) is 4.20. The van der Waals surface area contributed by atoms with Crippen LogP contribution in [-0.4, -0.2) is 92.3 Å². The number of aliphatic hydroxyl groups is 9. The minimum Gasteiger partial charge on any atom is -0.384 e. The van der Waals surface area contributed by atoms with E-state index >= 15 is 0 Å². The Morgan fingerprint density at radius 1 is 0.632 bits per heavy atom. The normalized spacial score (nSPS) is 16.4. The molecule has 378 valence electrons. The molecular weight excluding hydrogens is 853 g/mol. The Hall–Kier alpha value is -5.10. The molecule has 3 rings (SSSR count). The van der Waals surface area contributed by atoms with E-state index in [1.165, 1.54) is 6.42 Å². The summed E-state index contributed by atoms with van der Waals surface area (Å²) in [6.45, 7) is 21.1. The summed E-state index contributed by atoms with van der Waals surface area (Å²) < 4.78 is 0. The maximum absolute atomic E-state index is 9.56. The van der Waals surface area contributed by atoms with Gasteiger partial charge >= 0.3 is 0 Å². The van der Waals surface area contributed by atoms with Crippen LogP contribution in [0.4, 0.5) is 0 Å². The lowest BCUT2D eigenvalue weighted by Crippen LogP contribution is -2.28. The van der Waals surface area contributed by atoms with E-state index < -0.39 is 45.3 Å². The van der Waals surface area contributed by atoms with Gasteiger partial charge in [0.1, 0.15) is 51.9 Å². The number of hydrogen-bond donors (Lipinski definition) is 9. The smallest absolute Gasteiger partial charge is 0.147 e. The lowest BCUT2D eigenvalue weighted by atomic mass is 9.86. The van der Waals surface area contributed by atoms with E-state index in [1.54, 1.807) is 53.7 Å². The second-order valence-corrected chi connectivity index (χ2v) is 17.7. The van der Waals surface area contributed by atoms with E-state index in [1.807, 2.05) is 65.7 Å². The molecule has 5 atom stereocenters. The van der Waals surface area contributed by atoms with Crippen LogP contribution >= 0.6 is 0 Å². The quantitative estimate of drug-likeness (QED) is 0.120. The number of benzene rings is 1. The van der Waals surface area contributed by atoms with E-state index in [0.717, 1.165) is 44.1 Å². The van der Waals surface area contributed by atoms with Crippen molar-refractivity contribution in [1.82, 2.24) is 0 Å². The van der Waals surface area contributed by atoms with Gasteiger partial charge in [-0.3, -0.25) is 0 Å². The van der Waals surface area contributed by atoms with Crippen LogP contribution in [0.25, 0.3) is 0 Å². The van der Waals surface area contributed by atoms with Crippen LogP contribution in [0.5, 0.6) is 0 Å². The molecule has 9 heteroatoms. The fourth-order valence-electron chi connectivity index (χ4n) is 4.42. The van der Waals surface area contributed by atoms with Crippen molar-refractivity contribution in [2.75, 3.05) is 6.61 Å². The molecule has 0 heterocycles. The first-order chi connectivity index (χ1) is 31.2. The zero-order valence-corrected chi connectivity index (χ0v) is 43.5. The summed E-state index contributed by atoms with van der Waals surface area (Å²) >= 11 is 0. The fourth-order valence-corrected chi connectivity index (χ4v) is 4.42. The van der Waals surface area contributed by atoms with Crippen molar-refractivity contribution in [3.63, 3.8) is 0 Å². The average molecular weight is 941 g/mol. The molecule has 5 unspecified atom stereocenters. The second kappa shape index (κ2) is 39.9. The molecule has 0 spiro atoms. The highest BCUT2D eigenvalue weighted by molar-refractivity contribution is 5.28. The Balaban J connectivity index is -0.000000161. The predicted molar refractivity (Wildman–Crippen MR) is 283 cm³/mol. The molecule has 68 heavy (non-hydrogen) atoms. The molecule has 0 amide bonds. The highest BCUT2D eigenvalue weighted by atomic mass is 16.3. The highest BCUT2D eigenvalue weighted by Crippen LogP contribution is 2.38. The van der Waals surface area contributed by atoms with Gasteiger partial charge in [-0.15, -0.1) is 57.8 Å². The summed E-state index contributed by atoms with van der Waals surface area (Å²) in [5.41, 5.74) is -5.53. The zero-order valence-electron chi connectivity index (χ0n) is 43.5. The molecule has 1 aromatic carbocycles. The van der Waals surface area contributed by atoms with Gasteiger partial charge in [0.15, 0.2) is 0 Å². The fraction of sp³-hybridized carbons (Fsp3) is 0.593. The summed E-state index contributed by atoms with van der Waals surface area (Å²) in [6.07, 6.45) is 54.3. The standard InChI is InChI=1S/C10H10O.C8H12O.C8H14O.C7H10O.C7H12O.C6H10O.2C5H8O.C3H4O/c1-3-10(2,11)9-7-5-4-6-8-9;1-2-8(9)6-4-3-5-7-8;1-5-8(4,9)6-7(2)3;1-3-7(2,8)6-4-5-6;1-4-7(8,5-2)6-3;1-4-6(3,7)5-2;1-4-5(2,3)6;1-3-5(6)4-2;1-2-3-4/h1,4-8,11H,2H3;1,9H,3-7H2;1,7,9H,6H2,2-4H3;1,6,8H,4-5H2,2H3;1,8H,5-6H2,2-3H3;1,7H,5H2,2-3H3;1,6H,2-3H3;1,5-6H,4H2,2H3;1,4H,3H2. The first kappa shape index (κ1) is 74.4. The Morgan fingerprint density at radius 3 is 1.21 bits per heavy atom. The minimum absolute atomic E-state index is 0.153. The lowest BCUT2D eigenvalue weighted by Gasteiger charge is -2.26. The Kier molecular flexibility index (Phi) is 43.6. The van der Waals surface area contributed by atoms with Gasteiger partial charge in [-0.1, -0.05) is 132 Å². The van der Waals surface area contributed by atoms with Gasteiger partial charge in [-0.05, 0) is 130 Å². The Bertz CT molecular complexity index is 1800. The van der Waals surface area contributed by atoms with Crippen LogP contribution in [0.2, 0.25) is 0 Å². The van der Waals surface area contributed by atoms with Gasteiger partial charge in [-0.25, -0.2) is 0 Å². The summed E-state index contributed by atoms with van der Waals surface area (Å²) in [6, 6.07) is 9.19. The molecule has 0 aromatic heterocycles. The van der Waals surface area contributed by atoms with Crippen molar-refractivity contribution in [3.8, 4) is 111 Å². The molecule has 2 fully saturated rings. The molecular formula is C59H88O9. The van der Waals surface area contributed by atoms with Gasteiger partial charge in [0.05, 0.1) is 0 Å². The lowest BCUT2D eigenvalue weighted by molar-refractivity contribution is 0.0611. The Morgan fingerprint density at radius 2 is 1.06 bits per heavy atom. The maximum atomic E-state index is 9.56. The van der Waals surface area contributed by atoms with Crippen molar-refractivity contribution >= 4 is 0 Å². The van der Waals surface area contributed by atoms with Crippen molar-refractivity contribution in [2.24, 2.45) is 11.8 Å².